The molecule has 0 saturated heterocycles. The third-order valence-corrected chi connectivity index (χ3v) is 4.18. The first-order valence-electron chi connectivity index (χ1n) is 7.93. The standard InChI is InChI=1S/C16H32O/c1-16(17)14-12-10-8-6-4-2-3-5-7-9-11-13-15-16/h17H,2-15H2,1H3. The zero-order chi connectivity index (χ0) is 12.4. The minimum absolute atomic E-state index is 0.389. The van der Waals surface area contributed by atoms with E-state index in [1.54, 1.807) is 0 Å². The summed E-state index contributed by atoms with van der Waals surface area (Å²) < 4.78 is 0. The second-order valence-electron chi connectivity index (χ2n) is 6.24. The van der Waals surface area contributed by atoms with Crippen LogP contribution in [0, 0.1) is 0 Å². The summed E-state index contributed by atoms with van der Waals surface area (Å²) in [7, 11) is 0. The van der Waals surface area contributed by atoms with Crippen LogP contribution in [0.1, 0.15) is 96.8 Å². The Hall–Kier alpha value is -0.0400. The molecule has 1 aliphatic rings. The van der Waals surface area contributed by atoms with E-state index in [0.717, 1.165) is 12.8 Å². The molecule has 1 aliphatic carbocycles. The molecule has 0 bridgehead atoms. The van der Waals surface area contributed by atoms with E-state index in [-0.39, 0.29) is 5.60 Å². The Kier molecular flexibility index (Phi) is 7.92. The van der Waals surface area contributed by atoms with Gasteiger partial charge in [0, 0.05) is 0 Å². The highest BCUT2D eigenvalue weighted by Crippen LogP contribution is 2.23. The van der Waals surface area contributed by atoms with E-state index in [4.69, 9.17) is 0 Å². The van der Waals surface area contributed by atoms with Gasteiger partial charge in [-0.05, 0) is 19.8 Å². The van der Waals surface area contributed by atoms with Gasteiger partial charge >= 0.3 is 0 Å². The molecule has 0 unspecified atom stereocenters. The van der Waals surface area contributed by atoms with Crippen LogP contribution in [0.2, 0.25) is 0 Å². The fraction of sp³-hybridized carbons (Fsp3) is 1.00. The Morgan fingerprint density at radius 3 is 1.06 bits per heavy atom. The van der Waals surface area contributed by atoms with Crippen LogP contribution in [0.5, 0.6) is 0 Å². The van der Waals surface area contributed by atoms with Gasteiger partial charge in [-0.25, -0.2) is 0 Å². The van der Waals surface area contributed by atoms with Gasteiger partial charge in [0.1, 0.15) is 0 Å². The van der Waals surface area contributed by atoms with Crippen molar-refractivity contribution in [2.45, 2.75) is 102 Å². The van der Waals surface area contributed by atoms with Gasteiger partial charge < -0.3 is 5.11 Å². The summed E-state index contributed by atoms with van der Waals surface area (Å²) in [6.45, 7) is 2.03. The molecule has 0 aromatic heterocycles. The van der Waals surface area contributed by atoms with Crippen LogP contribution in [0.25, 0.3) is 0 Å². The molecule has 0 amide bonds. The van der Waals surface area contributed by atoms with Crippen LogP contribution in [-0.2, 0) is 0 Å². The zero-order valence-corrected chi connectivity index (χ0v) is 11.8. The molecule has 1 heteroatoms. The highest BCUT2D eigenvalue weighted by molar-refractivity contribution is 4.72. The summed E-state index contributed by atoms with van der Waals surface area (Å²) in [5.41, 5.74) is -0.389. The third kappa shape index (κ3) is 8.65. The Morgan fingerprint density at radius 2 is 0.765 bits per heavy atom. The maximum atomic E-state index is 10.2. The molecule has 0 atom stereocenters. The van der Waals surface area contributed by atoms with Crippen molar-refractivity contribution < 1.29 is 5.11 Å². The summed E-state index contributed by atoms with van der Waals surface area (Å²) in [4.78, 5) is 0. The lowest BCUT2D eigenvalue weighted by atomic mass is 9.92. The second kappa shape index (κ2) is 8.97. The van der Waals surface area contributed by atoms with Gasteiger partial charge in [-0.2, -0.15) is 0 Å². The lowest BCUT2D eigenvalue weighted by Gasteiger charge is -2.23. The molecule has 0 aliphatic heterocycles. The molecule has 1 saturated carbocycles. The summed E-state index contributed by atoms with van der Waals surface area (Å²) >= 11 is 0. The lowest BCUT2D eigenvalue weighted by molar-refractivity contribution is 0.0366. The number of hydrogen-bond donors (Lipinski definition) is 1. The zero-order valence-electron chi connectivity index (χ0n) is 11.8. The number of aliphatic hydroxyl groups is 1. The van der Waals surface area contributed by atoms with Crippen LogP contribution in [0.15, 0.2) is 0 Å². The summed E-state index contributed by atoms with van der Waals surface area (Å²) in [5, 5.41) is 10.2. The third-order valence-electron chi connectivity index (χ3n) is 4.18. The SMILES string of the molecule is CC1(O)CCCCCCCCCCCCCC1. The molecule has 0 aromatic carbocycles. The fourth-order valence-electron chi connectivity index (χ4n) is 2.90. The molecular weight excluding hydrogens is 208 g/mol. The van der Waals surface area contributed by atoms with Crippen molar-refractivity contribution in [2.75, 3.05) is 0 Å². The van der Waals surface area contributed by atoms with Crippen molar-refractivity contribution in [3.63, 3.8) is 0 Å². The molecule has 0 spiro atoms. The Morgan fingerprint density at radius 1 is 0.529 bits per heavy atom. The smallest absolute Gasteiger partial charge is 0.0619 e. The maximum Gasteiger partial charge on any atom is 0.0619 e. The molecule has 1 N–H and O–H groups in total. The second-order valence-corrected chi connectivity index (χ2v) is 6.24. The van der Waals surface area contributed by atoms with E-state index < -0.39 is 0 Å². The monoisotopic (exact) mass is 240 g/mol. The molecule has 0 heterocycles. The number of rotatable bonds is 0. The van der Waals surface area contributed by atoms with E-state index in [1.165, 1.54) is 77.0 Å². The van der Waals surface area contributed by atoms with E-state index in [2.05, 4.69) is 0 Å². The minimum atomic E-state index is -0.389. The average Bonchev–Trinajstić information content (AvgIpc) is 2.29. The largest absolute Gasteiger partial charge is 0.390 e. The topological polar surface area (TPSA) is 20.2 Å². The molecule has 17 heavy (non-hydrogen) atoms. The molecular formula is C16H32O. The quantitative estimate of drug-likeness (QED) is 0.616. The van der Waals surface area contributed by atoms with Crippen LogP contribution >= 0.6 is 0 Å². The van der Waals surface area contributed by atoms with Gasteiger partial charge in [-0.1, -0.05) is 77.0 Å². The van der Waals surface area contributed by atoms with Gasteiger partial charge in [-0.15, -0.1) is 0 Å². The van der Waals surface area contributed by atoms with Crippen molar-refractivity contribution in [1.82, 2.24) is 0 Å². The van der Waals surface area contributed by atoms with Crippen LogP contribution in [0.4, 0.5) is 0 Å². The highest BCUT2D eigenvalue weighted by atomic mass is 16.3. The lowest BCUT2D eigenvalue weighted by Crippen LogP contribution is -2.23. The van der Waals surface area contributed by atoms with Gasteiger partial charge in [0.25, 0.3) is 0 Å². The van der Waals surface area contributed by atoms with Crippen molar-refractivity contribution in [3.05, 3.63) is 0 Å². The molecule has 102 valence electrons. The fourth-order valence-corrected chi connectivity index (χ4v) is 2.90. The predicted molar refractivity (Wildman–Crippen MR) is 75.3 cm³/mol. The van der Waals surface area contributed by atoms with Gasteiger partial charge in [-0.3, -0.25) is 0 Å². The van der Waals surface area contributed by atoms with E-state index in [9.17, 15) is 5.11 Å². The normalized spacial score (nSPS) is 25.8. The van der Waals surface area contributed by atoms with Crippen LogP contribution < -0.4 is 0 Å². The summed E-state index contributed by atoms with van der Waals surface area (Å²) in [6.07, 6.45) is 18.4. The van der Waals surface area contributed by atoms with Crippen molar-refractivity contribution in [2.24, 2.45) is 0 Å². The van der Waals surface area contributed by atoms with Gasteiger partial charge in [0.2, 0.25) is 0 Å². The van der Waals surface area contributed by atoms with E-state index >= 15 is 0 Å². The first-order chi connectivity index (χ1) is 8.21. The predicted octanol–water partition coefficient (Wildman–Crippen LogP) is 5.21. The molecule has 1 fully saturated rings. The Bertz CT molecular complexity index is 156. The molecule has 0 aromatic rings. The van der Waals surface area contributed by atoms with Crippen LogP contribution in [0.3, 0.4) is 0 Å². The van der Waals surface area contributed by atoms with E-state index in [0.29, 0.717) is 0 Å². The van der Waals surface area contributed by atoms with E-state index in [1.807, 2.05) is 6.92 Å². The summed E-state index contributed by atoms with van der Waals surface area (Å²) in [5.74, 6) is 0. The first kappa shape index (κ1) is 15.0. The first-order valence-corrected chi connectivity index (χ1v) is 7.93. The molecule has 1 nitrogen and oxygen atoms in total. The Balaban J connectivity index is 2.22. The van der Waals surface area contributed by atoms with Gasteiger partial charge in [0.15, 0.2) is 0 Å². The number of hydrogen-bond acceptors (Lipinski definition) is 1. The molecule has 0 radical (unpaired) electrons. The van der Waals surface area contributed by atoms with Crippen molar-refractivity contribution in [1.29, 1.82) is 0 Å². The van der Waals surface area contributed by atoms with Crippen molar-refractivity contribution >= 4 is 0 Å². The Labute approximate surface area is 108 Å². The summed E-state index contributed by atoms with van der Waals surface area (Å²) in [6, 6.07) is 0. The van der Waals surface area contributed by atoms with Crippen molar-refractivity contribution in [3.8, 4) is 0 Å². The van der Waals surface area contributed by atoms with Gasteiger partial charge in [0.05, 0.1) is 5.60 Å². The maximum absolute atomic E-state index is 10.2. The molecule has 1 rings (SSSR count). The van der Waals surface area contributed by atoms with Crippen LogP contribution in [-0.4, -0.2) is 10.7 Å². The highest BCUT2D eigenvalue weighted by Gasteiger charge is 2.18. The minimum Gasteiger partial charge on any atom is -0.390 e. The average molecular weight is 240 g/mol.